The fourth-order valence-corrected chi connectivity index (χ4v) is 1.77. The van der Waals surface area contributed by atoms with Gasteiger partial charge in [-0.3, -0.25) is 4.79 Å². The first kappa shape index (κ1) is 16.0. The highest BCUT2D eigenvalue weighted by atomic mass is 16.5. The molecule has 0 heterocycles. The number of ether oxygens (including phenoxy) is 1. The average Bonchev–Trinajstić information content (AvgIpc) is 2.47. The van der Waals surface area contributed by atoms with E-state index in [1.807, 2.05) is 30.3 Å². The van der Waals surface area contributed by atoms with E-state index in [-0.39, 0.29) is 5.91 Å². The lowest BCUT2D eigenvalue weighted by atomic mass is 10.1. The third kappa shape index (κ3) is 7.41. The largest absolute Gasteiger partial charge is 0.453 e. The van der Waals surface area contributed by atoms with Crippen molar-refractivity contribution in [1.29, 1.82) is 0 Å². The molecule has 1 aromatic carbocycles. The minimum atomic E-state index is -0.396. The van der Waals surface area contributed by atoms with E-state index < -0.39 is 6.09 Å². The van der Waals surface area contributed by atoms with Gasteiger partial charge in [0.15, 0.2) is 0 Å². The zero-order valence-corrected chi connectivity index (χ0v) is 11.9. The second-order valence-corrected chi connectivity index (χ2v) is 4.50. The third-order valence-electron chi connectivity index (χ3n) is 2.84. The molecule has 110 valence electrons. The van der Waals surface area contributed by atoms with Gasteiger partial charge in [0.05, 0.1) is 7.11 Å². The van der Waals surface area contributed by atoms with E-state index >= 15 is 0 Å². The van der Waals surface area contributed by atoms with Crippen molar-refractivity contribution in [3.8, 4) is 0 Å². The first-order valence-corrected chi connectivity index (χ1v) is 6.89. The van der Waals surface area contributed by atoms with Crippen molar-refractivity contribution in [2.45, 2.75) is 32.1 Å². The monoisotopic (exact) mass is 278 g/mol. The molecule has 0 spiro atoms. The normalized spacial score (nSPS) is 9.85. The highest BCUT2D eigenvalue weighted by Crippen LogP contribution is 2.08. The smallest absolute Gasteiger partial charge is 0.406 e. The summed E-state index contributed by atoms with van der Waals surface area (Å²) in [6.45, 7) is 0.614. The molecule has 0 unspecified atom stereocenters. The van der Waals surface area contributed by atoms with Gasteiger partial charge in [0.1, 0.15) is 0 Å². The fraction of sp³-hybridized carbons (Fsp3) is 0.467. The SMILES string of the molecule is COC(=O)NCCCCCCC(=O)Nc1ccccc1. The minimum Gasteiger partial charge on any atom is -0.453 e. The maximum atomic E-state index is 11.6. The lowest BCUT2D eigenvalue weighted by Crippen LogP contribution is -2.23. The number of nitrogens with one attached hydrogen (secondary N) is 2. The maximum absolute atomic E-state index is 11.6. The summed E-state index contributed by atoms with van der Waals surface area (Å²) in [6.07, 6.45) is 3.85. The van der Waals surface area contributed by atoms with Gasteiger partial charge in [-0.15, -0.1) is 0 Å². The van der Waals surface area contributed by atoms with Crippen LogP contribution in [0.3, 0.4) is 0 Å². The van der Waals surface area contributed by atoms with E-state index in [0.717, 1.165) is 31.4 Å². The predicted octanol–water partition coefficient (Wildman–Crippen LogP) is 2.93. The molecule has 0 aromatic heterocycles. The van der Waals surface area contributed by atoms with E-state index in [4.69, 9.17) is 0 Å². The molecular weight excluding hydrogens is 256 g/mol. The number of amides is 2. The summed E-state index contributed by atoms with van der Waals surface area (Å²) in [5, 5.41) is 5.48. The number of methoxy groups -OCH3 is 1. The molecule has 5 heteroatoms. The van der Waals surface area contributed by atoms with Gasteiger partial charge < -0.3 is 15.4 Å². The molecule has 0 aliphatic carbocycles. The van der Waals surface area contributed by atoms with Gasteiger partial charge >= 0.3 is 6.09 Å². The quantitative estimate of drug-likeness (QED) is 0.718. The molecule has 0 saturated carbocycles. The van der Waals surface area contributed by atoms with Gasteiger partial charge in [0, 0.05) is 18.7 Å². The van der Waals surface area contributed by atoms with Crippen molar-refractivity contribution >= 4 is 17.7 Å². The van der Waals surface area contributed by atoms with Gasteiger partial charge in [0.2, 0.25) is 5.91 Å². The lowest BCUT2D eigenvalue weighted by molar-refractivity contribution is -0.116. The van der Waals surface area contributed by atoms with Crippen LogP contribution in [0.1, 0.15) is 32.1 Å². The van der Waals surface area contributed by atoms with E-state index in [2.05, 4.69) is 15.4 Å². The van der Waals surface area contributed by atoms with Crippen LogP contribution >= 0.6 is 0 Å². The molecule has 0 bridgehead atoms. The van der Waals surface area contributed by atoms with Crippen LogP contribution in [-0.4, -0.2) is 25.7 Å². The Morgan fingerprint density at radius 2 is 1.75 bits per heavy atom. The van der Waals surface area contributed by atoms with E-state index in [1.54, 1.807) is 0 Å². The Morgan fingerprint density at radius 1 is 1.05 bits per heavy atom. The second-order valence-electron chi connectivity index (χ2n) is 4.50. The number of anilines is 1. The summed E-state index contributed by atoms with van der Waals surface area (Å²) in [4.78, 5) is 22.4. The van der Waals surface area contributed by atoms with E-state index in [1.165, 1.54) is 7.11 Å². The van der Waals surface area contributed by atoms with Crippen LogP contribution in [0.25, 0.3) is 0 Å². The average molecular weight is 278 g/mol. The van der Waals surface area contributed by atoms with Crippen LogP contribution < -0.4 is 10.6 Å². The van der Waals surface area contributed by atoms with Gasteiger partial charge in [-0.2, -0.15) is 0 Å². The van der Waals surface area contributed by atoms with Crippen LogP contribution in [0.5, 0.6) is 0 Å². The predicted molar refractivity (Wildman–Crippen MR) is 78.6 cm³/mol. The topological polar surface area (TPSA) is 67.4 Å². The Hall–Kier alpha value is -2.04. The number of hydrogen-bond donors (Lipinski definition) is 2. The summed E-state index contributed by atoms with van der Waals surface area (Å²) >= 11 is 0. The van der Waals surface area contributed by atoms with E-state index in [9.17, 15) is 9.59 Å². The van der Waals surface area contributed by atoms with Crippen molar-refractivity contribution in [2.75, 3.05) is 19.0 Å². The number of unbranched alkanes of at least 4 members (excludes halogenated alkanes) is 3. The molecule has 5 nitrogen and oxygen atoms in total. The summed E-state index contributed by atoms with van der Waals surface area (Å²) in [6, 6.07) is 9.44. The van der Waals surface area contributed by atoms with Crippen LogP contribution in [-0.2, 0) is 9.53 Å². The first-order chi connectivity index (χ1) is 9.72. The number of rotatable bonds is 8. The number of benzene rings is 1. The molecule has 0 aliphatic heterocycles. The lowest BCUT2D eigenvalue weighted by Gasteiger charge is -2.05. The number of carbonyl (C=O) groups excluding carboxylic acids is 2. The molecule has 0 radical (unpaired) electrons. The molecule has 20 heavy (non-hydrogen) atoms. The fourth-order valence-electron chi connectivity index (χ4n) is 1.77. The van der Waals surface area contributed by atoms with Crippen molar-refractivity contribution < 1.29 is 14.3 Å². The minimum absolute atomic E-state index is 0.0453. The van der Waals surface area contributed by atoms with Crippen LogP contribution in [0.4, 0.5) is 10.5 Å². The van der Waals surface area contributed by atoms with Crippen molar-refractivity contribution in [2.24, 2.45) is 0 Å². The van der Waals surface area contributed by atoms with Crippen LogP contribution in [0.15, 0.2) is 30.3 Å². The van der Waals surface area contributed by atoms with Crippen LogP contribution in [0.2, 0.25) is 0 Å². The van der Waals surface area contributed by atoms with Crippen molar-refractivity contribution in [3.63, 3.8) is 0 Å². The summed E-state index contributed by atoms with van der Waals surface area (Å²) in [5.74, 6) is 0.0453. The first-order valence-electron chi connectivity index (χ1n) is 6.89. The van der Waals surface area contributed by atoms with Crippen molar-refractivity contribution in [1.82, 2.24) is 5.32 Å². The number of para-hydroxylation sites is 1. The summed E-state index contributed by atoms with van der Waals surface area (Å²) < 4.78 is 4.46. The molecular formula is C15H22N2O3. The zero-order valence-electron chi connectivity index (χ0n) is 11.9. The number of alkyl carbamates (subject to hydrolysis) is 1. The van der Waals surface area contributed by atoms with Gasteiger partial charge in [0.25, 0.3) is 0 Å². The Bertz CT molecular complexity index is 407. The summed E-state index contributed by atoms with van der Waals surface area (Å²) in [5.41, 5.74) is 0.833. The highest BCUT2D eigenvalue weighted by Gasteiger charge is 2.02. The Balaban J connectivity index is 1.98. The molecule has 2 amide bonds. The molecule has 2 N–H and O–H groups in total. The molecule has 0 aliphatic rings. The third-order valence-corrected chi connectivity index (χ3v) is 2.84. The molecule has 0 atom stereocenters. The van der Waals surface area contributed by atoms with Gasteiger partial charge in [-0.25, -0.2) is 4.79 Å². The van der Waals surface area contributed by atoms with E-state index in [0.29, 0.717) is 13.0 Å². The maximum Gasteiger partial charge on any atom is 0.406 e. The second kappa shape index (κ2) is 9.83. The molecule has 0 fully saturated rings. The van der Waals surface area contributed by atoms with Crippen LogP contribution in [0, 0.1) is 0 Å². The Morgan fingerprint density at radius 3 is 2.45 bits per heavy atom. The van der Waals surface area contributed by atoms with Gasteiger partial charge in [-0.1, -0.05) is 31.0 Å². The molecule has 0 saturated heterocycles. The Labute approximate surface area is 119 Å². The standard InChI is InChI=1S/C15H22N2O3/c1-20-15(19)16-12-8-3-2-7-11-14(18)17-13-9-5-4-6-10-13/h4-6,9-10H,2-3,7-8,11-12H2,1H3,(H,16,19)(H,17,18). The molecule has 1 aromatic rings. The van der Waals surface area contributed by atoms with Gasteiger partial charge in [-0.05, 0) is 25.0 Å². The Kier molecular flexibility index (Phi) is 7.87. The summed E-state index contributed by atoms with van der Waals surface area (Å²) in [7, 11) is 1.35. The molecule has 1 rings (SSSR count). The zero-order chi connectivity index (χ0) is 14.6. The highest BCUT2D eigenvalue weighted by molar-refractivity contribution is 5.90. The number of hydrogen-bond acceptors (Lipinski definition) is 3. The number of carbonyl (C=O) groups is 2. The van der Waals surface area contributed by atoms with Crippen molar-refractivity contribution in [3.05, 3.63) is 30.3 Å².